The molecule has 5 rings (SSSR count). The van der Waals surface area contributed by atoms with Gasteiger partial charge in [0.1, 0.15) is 17.9 Å². The Hall–Kier alpha value is -3.38. The number of nitriles is 1. The van der Waals surface area contributed by atoms with Crippen LogP contribution in [0.2, 0.25) is 5.02 Å². The van der Waals surface area contributed by atoms with E-state index < -0.39 is 5.41 Å². The molecule has 9 heteroatoms. The van der Waals surface area contributed by atoms with Crippen molar-refractivity contribution in [1.29, 1.82) is 5.26 Å². The predicted octanol–water partition coefficient (Wildman–Crippen LogP) is 4.56. The molecule has 8 nitrogen and oxygen atoms in total. The molecule has 36 heavy (non-hydrogen) atoms. The molecule has 3 aromatic rings. The highest BCUT2D eigenvalue weighted by Gasteiger charge is 2.36. The van der Waals surface area contributed by atoms with Gasteiger partial charge in [-0.05, 0) is 68.4 Å². The lowest BCUT2D eigenvalue weighted by molar-refractivity contribution is 0.105. The van der Waals surface area contributed by atoms with Crippen LogP contribution in [0.15, 0.2) is 42.6 Å². The number of aliphatic hydroxyl groups excluding tert-OH is 1. The topological polar surface area (TPSA) is 106 Å². The average molecular weight is 505 g/mol. The third-order valence-electron chi connectivity index (χ3n) is 6.93. The zero-order valence-electron chi connectivity index (χ0n) is 20.4. The van der Waals surface area contributed by atoms with E-state index in [1.807, 2.05) is 31.2 Å². The van der Waals surface area contributed by atoms with E-state index in [4.69, 9.17) is 21.3 Å². The Morgan fingerprint density at radius 2 is 2.19 bits per heavy atom. The molecule has 3 heterocycles. The molecule has 2 aromatic carbocycles. The van der Waals surface area contributed by atoms with E-state index >= 15 is 0 Å². The molecule has 0 amide bonds. The van der Waals surface area contributed by atoms with Crippen LogP contribution in [0.1, 0.15) is 30.9 Å². The van der Waals surface area contributed by atoms with Crippen molar-refractivity contribution >= 4 is 28.9 Å². The second-order valence-electron chi connectivity index (χ2n) is 9.81. The number of nitrogens with one attached hydrogen (secondary N) is 2. The van der Waals surface area contributed by atoms with Gasteiger partial charge in [-0.15, -0.1) is 0 Å². The molecule has 1 fully saturated rings. The normalized spacial score (nSPS) is 21.4. The molecular formula is C27H29ClN6O2. The number of benzene rings is 2. The van der Waals surface area contributed by atoms with Gasteiger partial charge >= 0.3 is 0 Å². The summed E-state index contributed by atoms with van der Waals surface area (Å²) in [6.45, 7) is 4.48. The smallest absolute Gasteiger partial charge is 0.227 e. The summed E-state index contributed by atoms with van der Waals surface area (Å²) >= 11 is 6.30. The summed E-state index contributed by atoms with van der Waals surface area (Å²) in [5.74, 6) is 1.09. The number of likely N-dealkylation sites (N-methyl/N-ethyl adjacent to an activating group) is 1. The minimum atomic E-state index is -0.467. The second kappa shape index (κ2) is 9.94. The van der Waals surface area contributed by atoms with Gasteiger partial charge in [0.2, 0.25) is 5.95 Å². The highest BCUT2D eigenvalue weighted by Crippen LogP contribution is 2.41. The second-order valence-corrected chi connectivity index (χ2v) is 10.2. The molecule has 2 aliphatic heterocycles. The predicted molar refractivity (Wildman–Crippen MR) is 141 cm³/mol. The third-order valence-corrected chi connectivity index (χ3v) is 7.16. The van der Waals surface area contributed by atoms with Crippen LogP contribution in [0.25, 0.3) is 11.3 Å². The average Bonchev–Trinajstić information content (AvgIpc) is 3.22. The number of fused-ring (bicyclic) bond motifs is 1. The molecule has 2 aliphatic rings. The van der Waals surface area contributed by atoms with E-state index in [1.54, 1.807) is 18.3 Å². The first-order valence-corrected chi connectivity index (χ1v) is 12.4. The zero-order valence-corrected chi connectivity index (χ0v) is 21.1. The molecule has 0 aliphatic carbocycles. The number of aromatic nitrogens is 2. The first kappa shape index (κ1) is 24.3. The number of aliphatic hydroxyl groups is 1. The van der Waals surface area contributed by atoms with Crippen LogP contribution in [0.4, 0.5) is 17.3 Å². The van der Waals surface area contributed by atoms with Gasteiger partial charge in [0.25, 0.3) is 0 Å². The van der Waals surface area contributed by atoms with Crippen LogP contribution in [0, 0.1) is 11.3 Å². The van der Waals surface area contributed by atoms with E-state index in [2.05, 4.69) is 33.6 Å². The van der Waals surface area contributed by atoms with Crippen molar-refractivity contribution in [3.63, 3.8) is 0 Å². The molecule has 2 unspecified atom stereocenters. The Kier molecular flexibility index (Phi) is 6.71. The van der Waals surface area contributed by atoms with Gasteiger partial charge in [-0.3, -0.25) is 0 Å². The summed E-state index contributed by atoms with van der Waals surface area (Å²) in [5.41, 5.74) is 3.89. The van der Waals surface area contributed by atoms with E-state index in [0.29, 0.717) is 40.2 Å². The van der Waals surface area contributed by atoms with Gasteiger partial charge in [-0.25, -0.2) is 9.97 Å². The molecule has 2 atom stereocenters. The number of anilines is 3. The van der Waals surface area contributed by atoms with Crippen molar-refractivity contribution in [1.82, 2.24) is 14.9 Å². The Labute approximate surface area is 215 Å². The fourth-order valence-corrected chi connectivity index (χ4v) is 5.03. The minimum absolute atomic E-state index is 0.0216. The number of piperidine rings is 1. The molecule has 0 spiro atoms. The van der Waals surface area contributed by atoms with Crippen LogP contribution in [-0.4, -0.2) is 59.4 Å². The molecule has 0 bridgehead atoms. The number of nitrogens with zero attached hydrogens (tertiary/aromatic N) is 4. The largest absolute Gasteiger partial charge is 0.487 e. The first-order valence-electron chi connectivity index (χ1n) is 12.1. The molecule has 0 radical (unpaired) electrons. The summed E-state index contributed by atoms with van der Waals surface area (Å²) in [7, 11) is 2.10. The molecule has 1 aromatic heterocycles. The van der Waals surface area contributed by atoms with Crippen LogP contribution in [-0.2, 0) is 5.41 Å². The van der Waals surface area contributed by atoms with Crippen molar-refractivity contribution in [2.24, 2.45) is 0 Å². The van der Waals surface area contributed by atoms with Gasteiger partial charge in [0, 0.05) is 35.3 Å². The van der Waals surface area contributed by atoms with Crippen LogP contribution < -0.4 is 15.4 Å². The van der Waals surface area contributed by atoms with Crippen molar-refractivity contribution < 1.29 is 9.84 Å². The maximum absolute atomic E-state index is 10.0. The van der Waals surface area contributed by atoms with Crippen LogP contribution in [0.5, 0.6) is 5.75 Å². The summed E-state index contributed by atoms with van der Waals surface area (Å²) in [5, 5.41) is 26.9. The SMILES string of the molecule is CN1CCCC(Oc2ccc(Cl)cc2Nc2nccc(-c3cc(C#N)c4c(c3)C(C)(CO)CN4)n2)C1. The lowest BCUT2D eigenvalue weighted by Gasteiger charge is -2.30. The van der Waals surface area contributed by atoms with E-state index in [9.17, 15) is 10.4 Å². The highest BCUT2D eigenvalue weighted by atomic mass is 35.5. The Morgan fingerprint density at radius 1 is 1.33 bits per heavy atom. The van der Waals surface area contributed by atoms with E-state index in [0.717, 1.165) is 42.7 Å². The Balaban J connectivity index is 1.45. The maximum atomic E-state index is 10.0. The van der Waals surface area contributed by atoms with Crippen molar-refractivity contribution in [3.05, 3.63) is 58.7 Å². The number of ether oxygens (including phenoxy) is 1. The van der Waals surface area contributed by atoms with Crippen molar-refractivity contribution in [3.8, 4) is 23.1 Å². The molecule has 186 valence electrons. The van der Waals surface area contributed by atoms with Gasteiger partial charge < -0.3 is 25.4 Å². The number of hydrogen-bond acceptors (Lipinski definition) is 8. The fraction of sp³-hybridized carbons (Fsp3) is 0.370. The van der Waals surface area contributed by atoms with Crippen LogP contribution >= 0.6 is 11.6 Å². The van der Waals surface area contributed by atoms with Gasteiger partial charge in [-0.2, -0.15) is 5.26 Å². The van der Waals surface area contributed by atoms with Crippen LogP contribution in [0.3, 0.4) is 0 Å². The standard InChI is InChI=1S/C27H29ClN6O2/c1-27(16-35)15-31-25-18(13-29)10-17(11-21(25)27)22-7-8-30-26(32-22)33-23-12-19(28)5-6-24(23)36-20-4-3-9-34(2)14-20/h5-8,10-12,20,31,35H,3-4,9,14-16H2,1-2H3,(H,30,32,33). The monoisotopic (exact) mass is 504 g/mol. The zero-order chi connectivity index (χ0) is 25.3. The number of halogens is 1. The first-order chi connectivity index (χ1) is 17.4. The molecule has 3 N–H and O–H groups in total. The quantitative estimate of drug-likeness (QED) is 0.448. The summed E-state index contributed by atoms with van der Waals surface area (Å²) in [6, 6.07) is 13.4. The lowest BCUT2D eigenvalue weighted by Crippen LogP contribution is -2.38. The fourth-order valence-electron chi connectivity index (χ4n) is 4.86. The number of likely N-dealkylation sites (tertiary alicyclic amines) is 1. The molecular weight excluding hydrogens is 476 g/mol. The highest BCUT2D eigenvalue weighted by molar-refractivity contribution is 6.31. The van der Waals surface area contributed by atoms with Gasteiger partial charge in [-0.1, -0.05) is 18.5 Å². The summed E-state index contributed by atoms with van der Waals surface area (Å²) < 4.78 is 6.33. The molecule has 0 saturated carbocycles. The van der Waals surface area contributed by atoms with E-state index in [-0.39, 0.29) is 12.7 Å². The van der Waals surface area contributed by atoms with Gasteiger partial charge in [0.15, 0.2) is 0 Å². The molecule has 1 saturated heterocycles. The van der Waals surface area contributed by atoms with Crippen molar-refractivity contribution in [2.75, 3.05) is 43.9 Å². The number of rotatable bonds is 6. The summed E-state index contributed by atoms with van der Waals surface area (Å²) in [6.07, 6.45) is 3.87. The van der Waals surface area contributed by atoms with Crippen molar-refractivity contribution in [2.45, 2.75) is 31.3 Å². The third kappa shape index (κ3) is 4.82. The minimum Gasteiger partial charge on any atom is -0.487 e. The van der Waals surface area contributed by atoms with Gasteiger partial charge in [0.05, 0.1) is 29.2 Å². The Bertz CT molecular complexity index is 1330. The number of hydrogen-bond donors (Lipinski definition) is 3. The lowest BCUT2D eigenvalue weighted by atomic mass is 9.83. The maximum Gasteiger partial charge on any atom is 0.227 e. The van der Waals surface area contributed by atoms with E-state index in [1.165, 1.54) is 0 Å². The summed E-state index contributed by atoms with van der Waals surface area (Å²) in [4.78, 5) is 11.4. The Morgan fingerprint density at radius 3 is 2.97 bits per heavy atom.